The number of carbonyl (C=O) groups is 1. The number of ketones is 1. The zero-order chi connectivity index (χ0) is 21.5. The Morgan fingerprint density at radius 2 is 1.10 bits per heavy atom. The normalized spacial score (nSPS) is 28.3. The van der Waals surface area contributed by atoms with E-state index in [1.54, 1.807) is 5.56 Å². The summed E-state index contributed by atoms with van der Waals surface area (Å²) in [5.74, 6) is 4.41. The second kappa shape index (κ2) is 11.7. The fourth-order valence-corrected chi connectivity index (χ4v) is 6.78. The van der Waals surface area contributed by atoms with Crippen molar-refractivity contribution in [1.29, 1.82) is 0 Å². The minimum atomic E-state index is 0.454. The minimum absolute atomic E-state index is 0.454. The fourth-order valence-electron chi connectivity index (χ4n) is 6.78. The summed E-state index contributed by atoms with van der Waals surface area (Å²) < 4.78 is 0. The zero-order valence-electron chi connectivity index (χ0n) is 20.1. The first-order valence-corrected chi connectivity index (χ1v) is 13.8. The van der Waals surface area contributed by atoms with Gasteiger partial charge in [-0.05, 0) is 81.6 Å². The van der Waals surface area contributed by atoms with E-state index in [-0.39, 0.29) is 0 Å². The molecule has 5 rings (SSSR count). The van der Waals surface area contributed by atoms with Gasteiger partial charge in [-0.15, -0.1) is 0 Å². The summed E-state index contributed by atoms with van der Waals surface area (Å²) in [4.78, 5) is 12.3. The van der Waals surface area contributed by atoms with Crippen molar-refractivity contribution >= 4 is 5.78 Å². The van der Waals surface area contributed by atoms with Gasteiger partial charge in [-0.3, -0.25) is 4.79 Å². The Morgan fingerprint density at radius 3 is 1.65 bits per heavy atom. The molecule has 0 saturated heterocycles. The van der Waals surface area contributed by atoms with E-state index in [0.29, 0.717) is 17.6 Å². The maximum atomic E-state index is 12.3. The van der Waals surface area contributed by atoms with Crippen LogP contribution in [0.1, 0.15) is 126 Å². The number of Topliss-reactive ketones (excluding diaryl/α,β-unsaturated/α-hetero) is 1. The lowest BCUT2D eigenvalue weighted by molar-refractivity contribution is -0.130. The van der Waals surface area contributed by atoms with Gasteiger partial charge in [0.15, 0.2) is 0 Å². The van der Waals surface area contributed by atoms with Crippen LogP contribution in [0.5, 0.6) is 0 Å². The molecule has 0 amide bonds. The number of hydrogen-bond acceptors (Lipinski definition) is 1. The molecule has 4 fully saturated rings. The molecule has 0 atom stereocenters. The van der Waals surface area contributed by atoms with E-state index in [1.807, 2.05) is 0 Å². The maximum absolute atomic E-state index is 12.3. The Hall–Kier alpha value is -1.11. The van der Waals surface area contributed by atoms with E-state index in [4.69, 9.17) is 0 Å². The number of benzene rings is 1. The molecule has 0 aromatic heterocycles. The molecule has 31 heavy (non-hydrogen) atoms. The van der Waals surface area contributed by atoms with E-state index >= 15 is 0 Å². The van der Waals surface area contributed by atoms with Crippen molar-refractivity contribution < 1.29 is 4.79 Å². The second-order valence-corrected chi connectivity index (χ2v) is 11.3. The van der Waals surface area contributed by atoms with Crippen molar-refractivity contribution in [2.45, 2.75) is 122 Å². The molecule has 0 aliphatic heterocycles. The molecule has 0 heterocycles. The van der Waals surface area contributed by atoms with Crippen LogP contribution < -0.4 is 0 Å². The van der Waals surface area contributed by atoms with Crippen LogP contribution in [0.3, 0.4) is 0 Å². The van der Waals surface area contributed by atoms with E-state index in [9.17, 15) is 4.79 Å². The molecule has 1 aromatic carbocycles. The van der Waals surface area contributed by atoms with Crippen LogP contribution in [-0.2, 0) is 4.79 Å². The summed E-state index contributed by atoms with van der Waals surface area (Å²) in [5, 5.41) is 0. The van der Waals surface area contributed by atoms with Crippen LogP contribution in [0.25, 0.3) is 0 Å². The maximum Gasteiger partial charge on any atom is 0.139 e. The summed E-state index contributed by atoms with van der Waals surface area (Å²) in [6.07, 6.45) is 23.3. The SMILES string of the molecule is Cc1ccc(C2CCCCC2)cc1.O=C(C1CCC1)C1CCC(C2CCCCC2)CC1. The van der Waals surface area contributed by atoms with Gasteiger partial charge in [-0.25, -0.2) is 0 Å². The van der Waals surface area contributed by atoms with E-state index in [1.165, 1.54) is 115 Å². The first kappa shape index (κ1) is 23.1. The van der Waals surface area contributed by atoms with Crippen LogP contribution >= 0.6 is 0 Å². The molecule has 4 saturated carbocycles. The quantitative estimate of drug-likeness (QED) is 0.474. The van der Waals surface area contributed by atoms with Gasteiger partial charge in [0.1, 0.15) is 5.78 Å². The zero-order valence-corrected chi connectivity index (χ0v) is 20.1. The molecule has 1 heteroatoms. The molecule has 0 bridgehead atoms. The number of aryl methyl sites for hydroxylation is 1. The highest BCUT2D eigenvalue weighted by atomic mass is 16.1. The molecule has 4 aliphatic rings. The summed E-state index contributed by atoms with van der Waals surface area (Å²) in [6, 6.07) is 9.10. The molecule has 0 N–H and O–H groups in total. The second-order valence-electron chi connectivity index (χ2n) is 11.3. The highest BCUT2D eigenvalue weighted by Crippen LogP contribution is 2.42. The first-order chi connectivity index (χ1) is 15.2. The summed E-state index contributed by atoms with van der Waals surface area (Å²) >= 11 is 0. The third kappa shape index (κ3) is 6.45. The topological polar surface area (TPSA) is 17.1 Å². The molecule has 1 aromatic rings. The third-order valence-electron chi connectivity index (χ3n) is 9.15. The first-order valence-electron chi connectivity index (χ1n) is 13.8. The highest BCUT2D eigenvalue weighted by Gasteiger charge is 2.35. The standard InChI is InChI=1S/C17H28O.C13H18/c18-17(15-7-4-8-15)16-11-9-14(10-12-16)13-5-2-1-3-6-13;1-11-7-9-13(10-8-11)12-5-3-2-4-6-12/h13-16H,1-12H2;7-10,12H,2-6H2,1H3. The lowest BCUT2D eigenvalue weighted by Gasteiger charge is -2.37. The van der Waals surface area contributed by atoms with Crippen molar-refractivity contribution in [2.24, 2.45) is 23.7 Å². The number of rotatable bonds is 4. The van der Waals surface area contributed by atoms with Crippen molar-refractivity contribution in [3.8, 4) is 0 Å². The van der Waals surface area contributed by atoms with Gasteiger partial charge in [0, 0.05) is 11.8 Å². The number of hydrogen-bond donors (Lipinski definition) is 0. The molecular weight excluding hydrogens is 376 g/mol. The van der Waals surface area contributed by atoms with E-state index in [0.717, 1.165) is 17.8 Å². The smallest absolute Gasteiger partial charge is 0.139 e. The van der Waals surface area contributed by atoms with Crippen molar-refractivity contribution in [2.75, 3.05) is 0 Å². The van der Waals surface area contributed by atoms with Gasteiger partial charge >= 0.3 is 0 Å². The average molecular weight is 423 g/mol. The Kier molecular flexibility index (Phi) is 8.68. The van der Waals surface area contributed by atoms with Crippen molar-refractivity contribution in [3.05, 3.63) is 35.4 Å². The predicted octanol–water partition coefficient (Wildman–Crippen LogP) is 8.79. The average Bonchev–Trinajstić information content (AvgIpc) is 2.80. The van der Waals surface area contributed by atoms with Crippen LogP contribution in [0.15, 0.2) is 24.3 Å². The lowest BCUT2D eigenvalue weighted by Crippen LogP contribution is -2.32. The monoisotopic (exact) mass is 422 g/mol. The lowest BCUT2D eigenvalue weighted by atomic mass is 9.67. The van der Waals surface area contributed by atoms with Crippen LogP contribution in [0.4, 0.5) is 0 Å². The van der Waals surface area contributed by atoms with Crippen LogP contribution in [0.2, 0.25) is 0 Å². The molecular formula is C30H46O. The third-order valence-corrected chi connectivity index (χ3v) is 9.15. The summed E-state index contributed by atoms with van der Waals surface area (Å²) in [5.41, 5.74) is 2.94. The van der Waals surface area contributed by atoms with E-state index in [2.05, 4.69) is 31.2 Å². The van der Waals surface area contributed by atoms with Crippen molar-refractivity contribution in [3.63, 3.8) is 0 Å². The van der Waals surface area contributed by atoms with Gasteiger partial charge in [-0.2, -0.15) is 0 Å². The molecule has 0 radical (unpaired) electrons. The van der Waals surface area contributed by atoms with Gasteiger partial charge in [0.05, 0.1) is 0 Å². The van der Waals surface area contributed by atoms with Crippen LogP contribution in [0, 0.1) is 30.6 Å². The predicted molar refractivity (Wildman–Crippen MR) is 131 cm³/mol. The van der Waals surface area contributed by atoms with Gasteiger partial charge in [-0.1, -0.05) is 87.6 Å². The molecule has 172 valence electrons. The molecule has 0 unspecified atom stereocenters. The highest BCUT2D eigenvalue weighted by molar-refractivity contribution is 5.84. The molecule has 0 spiro atoms. The van der Waals surface area contributed by atoms with Crippen molar-refractivity contribution in [1.82, 2.24) is 0 Å². The fraction of sp³-hybridized carbons (Fsp3) is 0.767. The van der Waals surface area contributed by atoms with Gasteiger partial charge < -0.3 is 0 Å². The van der Waals surface area contributed by atoms with Gasteiger partial charge in [0.2, 0.25) is 0 Å². The summed E-state index contributed by atoms with van der Waals surface area (Å²) in [7, 11) is 0. The van der Waals surface area contributed by atoms with Crippen LogP contribution in [-0.4, -0.2) is 5.78 Å². The largest absolute Gasteiger partial charge is 0.299 e. The minimum Gasteiger partial charge on any atom is -0.299 e. The Balaban J connectivity index is 0.000000158. The Morgan fingerprint density at radius 1 is 0.581 bits per heavy atom. The molecule has 1 nitrogen and oxygen atoms in total. The Bertz CT molecular complexity index is 650. The number of carbonyl (C=O) groups excluding carboxylic acids is 1. The molecule has 4 aliphatic carbocycles. The summed E-state index contributed by atoms with van der Waals surface area (Å²) in [6.45, 7) is 2.16. The van der Waals surface area contributed by atoms with Gasteiger partial charge in [0.25, 0.3) is 0 Å². The van der Waals surface area contributed by atoms with E-state index < -0.39 is 0 Å². The Labute approximate surface area is 191 Å².